The highest BCUT2D eigenvalue weighted by Crippen LogP contribution is 2.28. The summed E-state index contributed by atoms with van der Waals surface area (Å²) in [5, 5.41) is 14.5. The van der Waals surface area contributed by atoms with Gasteiger partial charge in [-0.15, -0.1) is 0 Å². The highest BCUT2D eigenvalue weighted by atomic mass is 16.3. The third-order valence-corrected chi connectivity index (χ3v) is 3.72. The first-order valence-corrected chi connectivity index (χ1v) is 6.56. The maximum atomic E-state index is 12.5. The van der Waals surface area contributed by atoms with Gasteiger partial charge in [-0.1, -0.05) is 12.1 Å². The topological polar surface area (TPSA) is 105 Å². The van der Waals surface area contributed by atoms with Crippen LogP contribution >= 0.6 is 0 Å². The van der Waals surface area contributed by atoms with E-state index < -0.39 is 23.3 Å². The zero-order valence-electron chi connectivity index (χ0n) is 12.0. The number of hydrogen-bond donors (Lipinski definition) is 3. The van der Waals surface area contributed by atoms with Gasteiger partial charge < -0.3 is 10.4 Å². The van der Waals surface area contributed by atoms with Crippen LogP contribution in [0.4, 0.5) is 10.6 Å². The molecule has 3 rings (SSSR count). The molecular formula is C14H14N4O4. The number of nitrogens with zero attached hydrogens (tertiary/aromatic N) is 2. The summed E-state index contributed by atoms with van der Waals surface area (Å²) < 4.78 is 2.22. The van der Waals surface area contributed by atoms with Gasteiger partial charge in [0.1, 0.15) is 11.6 Å². The van der Waals surface area contributed by atoms with Crippen LogP contribution in [0.25, 0.3) is 0 Å². The molecule has 8 heteroatoms. The Balaban J connectivity index is 2.30. The lowest BCUT2D eigenvalue weighted by Gasteiger charge is -2.28. The number of rotatable bonds is 1. The smallest absolute Gasteiger partial charge is 0.332 e. The van der Waals surface area contributed by atoms with Crippen LogP contribution in [0, 0.1) is 0 Å². The minimum Gasteiger partial charge on any atom is -0.508 e. The largest absolute Gasteiger partial charge is 0.508 e. The van der Waals surface area contributed by atoms with Crippen molar-refractivity contribution in [3.63, 3.8) is 0 Å². The van der Waals surface area contributed by atoms with E-state index in [1.165, 1.54) is 30.8 Å². The third kappa shape index (κ3) is 1.96. The second-order valence-corrected chi connectivity index (χ2v) is 5.09. The van der Waals surface area contributed by atoms with Crippen LogP contribution in [0.15, 0.2) is 33.9 Å². The maximum absolute atomic E-state index is 12.5. The van der Waals surface area contributed by atoms with Gasteiger partial charge in [-0.25, -0.2) is 9.59 Å². The van der Waals surface area contributed by atoms with E-state index in [9.17, 15) is 19.5 Å². The zero-order valence-corrected chi connectivity index (χ0v) is 12.0. The second-order valence-electron chi connectivity index (χ2n) is 5.09. The number of phenolic OH excluding ortho intramolecular Hbond substituents is 1. The number of benzene rings is 1. The molecule has 2 heterocycles. The van der Waals surface area contributed by atoms with Crippen LogP contribution in [0.2, 0.25) is 0 Å². The number of phenols is 1. The molecule has 0 unspecified atom stereocenters. The Hall–Kier alpha value is -3.03. The van der Waals surface area contributed by atoms with Gasteiger partial charge in [0.25, 0.3) is 5.56 Å². The summed E-state index contributed by atoms with van der Waals surface area (Å²) in [6, 6.07) is 4.95. The zero-order chi connectivity index (χ0) is 16.0. The van der Waals surface area contributed by atoms with Gasteiger partial charge in [-0.05, 0) is 17.7 Å². The minimum absolute atomic E-state index is 0.0811. The van der Waals surface area contributed by atoms with Crippen molar-refractivity contribution in [3.8, 4) is 5.75 Å². The molecule has 0 bridgehead atoms. The number of nitrogens with one attached hydrogen (secondary N) is 2. The molecule has 0 radical (unpaired) electrons. The summed E-state index contributed by atoms with van der Waals surface area (Å²) in [7, 11) is 2.87. The average Bonchev–Trinajstić information content (AvgIpc) is 2.50. The van der Waals surface area contributed by atoms with Crippen molar-refractivity contribution >= 4 is 11.8 Å². The molecule has 22 heavy (non-hydrogen) atoms. The molecule has 1 aromatic carbocycles. The van der Waals surface area contributed by atoms with Gasteiger partial charge in [-0.2, -0.15) is 0 Å². The van der Waals surface area contributed by atoms with Crippen LogP contribution in [0.3, 0.4) is 0 Å². The van der Waals surface area contributed by atoms with Gasteiger partial charge in [0.05, 0.1) is 11.6 Å². The number of hydrogen-bond acceptors (Lipinski definition) is 4. The van der Waals surface area contributed by atoms with Gasteiger partial charge in [0, 0.05) is 14.1 Å². The Kier molecular flexibility index (Phi) is 3.01. The molecule has 114 valence electrons. The summed E-state index contributed by atoms with van der Waals surface area (Å²) >= 11 is 0. The Labute approximate surface area is 124 Å². The summed E-state index contributed by atoms with van der Waals surface area (Å²) in [4.78, 5) is 36.3. The van der Waals surface area contributed by atoms with E-state index in [4.69, 9.17) is 0 Å². The molecule has 0 saturated heterocycles. The van der Waals surface area contributed by atoms with Crippen molar-refractivity contribution in [2.45, 2.75) is 6.04 Å². The van der Waals surface area contributed by atoms with Crippen LogP contribution < -0.4 is 21.9 Å². The van der Waals surface area contributed by atoms with E-state index in [-0.39, 0.29) is 17.1 Å². The van der Waals surface area contributed by atoms with Gasteiger partial charge in [0.15, 0.2) is 0 Å². The number of urea groups is 1. The number of aromatic hydroxyl groups is 1. The standard InChI is InChI=1S/C14H14N4O4/c1-17-11-9(12(20)18(2)14(17)22)10(15-13(21)16-11)7-3-5-8(19)6-4-7/h3-6,10,19H,1-2H3,(H2,15,16,21)/t10-/m1/s1. The Morgan fingerprint density at radius 3 is 2.32 bits per heavy atom. The maximum Gasteiger partial charge on any atom is 0.332 e. The first-order valence-electron chi connectivity index (χ1n) is 6.56. The van der Waals surface area contributed by atoms with E-state index in [0.29, 0.717) is 5.56 Å². The van der Waals surface area contributed by atoms with E-state index in [0.717, 1.165) is 4.57 Å². The SMILES string of the molecule is Cn1c2c(c(=O)n(C)c1=O)[C@@H](c1ccc(O)cc1)NC(=O)N2. The molecule has 0 aliphatic carbocycles. The molecule has 1 aromatic heterocycles. The molecule has 8 nitrogen and oxygen atoms in total. The number of anilines is 1. The highest BCUT2D eigenvalue weighted by Gasteiger charge is 2.31. The summed E-state index contributed by atoms with van der Waals surface area (Å²) in [5.41, 5.74) is -0.0985. The van der Waals surface area contributed by atoms with Crippen LogP contribution in [0.5, 0.6) is 5.75 Å². The Morgan fingerprint density at radius 1 is 1.05 bits per heavy atom. The predicted octanol–water partition coefficient (Wildman–Crippen LogP) is 0.0141. The molecule has 1 aliphatic heterocycles. The van der Waals surface area contributed by atoms with E-state index >= 15 is 0 Å². The molecule has 0 spiro atoms. The fraction of sp³-hybridized carbons (Fsp3) is 0.214. The number of aromatic nitrogens is 2. The lowest BCUT2D eigenvalue weighted by Crippen LogP contribution is -2.49. The Morgan fingerprint density at radius 2 is 1.68 bits per heavy atom. The summed E-state index contributed by atoms with van der Waals surface area (Å²) in [6.07, 6.45) is 0. The van der Waals surface area contributed by atoms with Crippen molar-refractivity contribution in [2.75, 3.05) is 5.32 Å². The monoisotopic (exact) mass is 302 g/mol. The molecule has 3 N–H and O–H groups in total. The molecule has 0 saturated carbocycles. The normalized spacial score (nSPS) is 16.6. The van der Waals surface area contributed by atoms with Gasteiger partial charge in [-0.3, -0.25) is 19.2 Å². The second kappa shape index (κ2) is 4.76. The molecule has 0 fully saturated rings. The van der Waals surface area contributed by atoms with E-state index in [1.54, 1.807) is 12.1 Å². The molecular weight excluding hydrogens is 288 g/mol. The third-order valence-electron chi connectivity index (χ3n) is 3.72. The van der Waals surface area contributed by atoms with Crippen molar-refractivity contribution < 1.29 is 9.90 Å². The summed E-state index contributed by atoms with van der Waals surface area (Å²) in [6.45, 7) is 0. The molecule has 2 amide bonds. The number of fused-ring (bicyclic) bond motifs is 1. The predicted molar refractivity (Wildman–Crippen MR) is 79.0 cm³/mol. The average molecular weight is 302 g/mol. The van der Waals surface area contributed by atoms with Crippen LogP contribution in [-0.2, 0) is 14.1 Å². The quantitative estimate of drug-likeness (QED) is 0.690. The number of carbonyl (C=O) groups excluding carboxylic acids is 1. The van der Waals surface area contributed by atoms with Crippen LogP contribution in [-0.4, -0.2) is 20.3 Å². The molecule has 2 aromatic rings. The fourth-order valence-corrected chi connectivity index (χ4v) is 2.55. The fourth-order valence-electron chi connectivity index (χ4n) is 2.55. The minimum atomic E-state index is -0.699. The number of amides is 2. The van der Waals surface area contributed by atoms with Crippen molar-refractivity contribution in [3.05, 3.63) is 56.2 Å². The van der Waals surface area contributed by atoms with E-state index in [1.807, 2.05) is 0 Å². The van der Waals surface area contributed by atoms with Gasteiger partial charge in [0.2, 0.25) is 0 Å². The first kappa shape index (κ1) is 13.9. The molecule has 1 atom stereocenters. The van der Waals surface area contributed by atoms with Crippen LogP contribution in [0.1, 0.15) is 17.2 Å². The number of carbonyl (C=O) groups is 1. The summed E-state index contributed by atoms with van der Waals surface area (Å²) in [5.74, 6) is 0.257. The lowest BCUT2D eigenvalue weighted by atomic mass is 9.98. The lowest BCUT2D eigenvalue weighted by molar-refractivity contribution is 0.248. The van der Waals surface area contributed by atoms with Gasteiger partial charge >= 0.3 is 11.7 Å². The van der Waals surface area contributed by atoms with Crippen molar-refractivity contribution in [1.82, 2.24) is 14.5 Å². The van der Waals surface area contributed by atoms with Crippen molar-refractivity contribution in [1.29, 1.82) is 0 Å². The first-order chi connectivity index (χ1) is 10.4. The Bertz CT molecular complexity index is 879. The van der Waals surface area contributed by atoms with Crippen molar-refractivity contribution in [2.24, 2.45) is 14.1 Å². The highest BCUT2D eigenvalue weighted by molar-refractivity contribution is 5.92. The molecule has 1 aliphatic rings. The van der Waals surface area contributed by atoms with E-state index in [2.05, 4.69) is 10.6 Å².